The molecule has 0 spiro atoms. The van der Waals surface area contributed by atoms with Gasteiger partial charge in [-0.1, -0.05) is 71.4 Å². The molecule has 0 unspecified atom stereocenters. The number of aryl methyl sites for hydroxylation is 1. The van der Waals surface area contributed by atoms with E-state index in [1.165, 1.54) is 37.8 Å². The van der Waals surface area contributed by atoms with Crippen LogP contribution in [0, 0.1) is 17.8 Å². The number of hydrogen-bond donors (Lipinski definition) is 2. The van der Waals surface area contributed by atoms with Gasteiger partial charge in [-0.05, 0) is 42.7 Å². The summed E-state index contributed by atoms with van der Waals surface area (Å²) in [4.78, 5) is 79.3. The number of likely N-dealkylation sites (N-methyl/N-ethyl adjacent to an activating group) is 1. The number of carbonyl (C=O) groups excluding carboxylic acids is 5. The van der Waals surface area contributed by atoms with E-state index in [1.54, 1.807) is 30.3 Å². The van der Waals surface area contributed by atoms with E-state index in [1.807, 2.05) is 58.0 Å². The molecule has 0 aliphatic rings. The zero-order valence-electron chi connectivity index (χ0n) is 31.3. The van der Waals surface area contributed by atoms with Gasteiger partial charge in [-0.2, -0.15) is 0 Å². The van der Waals surface area contributed by atoms with E-state index in [0.29, 0.717) is 30.7 Å². The molecular formula is C38H52N6O7S. The van der Waals surface area contributed by atoms with Crippen molar-refractivity contribution in [2.75, 3.05) is 14.2 Å². The van der Waals surface area contributed by atoms with Crippen LogP contribution >= 0.6 is 11.3 Å². The Kier molecular flexibility index (Phi) is 16.3. The van der Waals surface area contributed by atoms with Gasteiger partial charge in [0.25, 0.3) is 11.8 Å². The molecule has 52 heavy (non-hydrogen) atoms. The molecule has 1 aromatic carbocycles. The van der Waals surface area contributed by atoms with E-state index in [-0.39, 0.29) is 47.7 Å². The molecule has 3 aromatic rings. The van der Waals surface area contributed by atoms with E-state index < -0.39 is 41.9 Å². The first-order chi connectivity index (χ1) is 24.7. The van der Waals surface area contributed by atoms with Gasteiger partial charge < -0.3 is 25.0 Å². The van der Waals surface area contributed by atoms with Crippen molar-refractivity contribution in [3.63, 3.8) is 0 Å². The van der Waals surface area contributed by atoms with Crippen LogP contribution in [-0.4, -0.2) is 81.8 Å². The molecule has 2 heterocycles. The summed E-state index contributed by atoms with van der Waals surface area (Å²) in [6.45, 7) is 10.8. The summed E-state index contributed by atoms with van der Waals surface area (Å²) in [5, 5.41) is 7.89. The number of nitrogens with zero attached hydrogens (tertiary/aromatic N) is 4. The molecule has 3 rings (SSSR count). The van der Waals surface area contributed by atoms with Crippen molar-refractivity contribution in [1.29, 1.82) is 0 Å². The summed E-state index contributed by atoms with van der Waals surface area (Å²) < 4.78 is 10.7. The second kappa shape index (κ2) is 20.4. The summed E-state index contributed by atoms with van der Waals surface area (Å²) in [6, 6.07) is 9.85. The number of esters is 2. The number of amides is 3. The van der Waals surface area contributed by atoms with Gasteiger partial charge in [-0.25, -0.2) is 15.0 Å². The highest BCUT2D eigenvalue weighted by atomic mass is 32.1. The zero-order chi connectivity index (χ0) is 38.4. The largest absolute Gasteiger partial charge is 0.469 e. The number of ether oxygens (including phenoxy) is 2. The predicted octanol–water partition coefficient (Wildman–Crippen LogP) is 5.19. The van der Waals surface area contributed by atoms with E-state index in [0.717, 1.165) is 5.56 Å². The average Bonchev–Trinajstić information content (AvgIpc) is 3.64. The van der Waals surface area contributed by atoms with Gasteiger partial charge in [0.1, 0.15) is 16.7 Å². The fourth-order valence-corrected chi connectivity index (χ4v) is 6.78. The minimum absolute atomic E-state index is 0.0364. The van der Waals surface area contributed by atoms with Crippen LogP contribution in [0.5, 0.6) is 0 Å². The Labute approximate surface area is 310 Å². The average molecular weight is 737 g/mol. The van der Waals surface area contributed by atoms with E-state index in [4.69, 9.17) is 9.47 Å². The van der Waals surface area contributed by atoms with E-state index in [9.17, 15) is 24.0 Å². The Bertz CT molecular complexity index is 1620. The van der Waals surface area contributed by atoms with Crippen LogP contribution in [0.1, 0.15) is 105 Å². The highest BCUT2D eigenvalue weighted by Crippen LogP contribution is 2.31. The number of nitrogens with one attached hydrogen (secondary N) is 2. The SMILES string of the molecule is CC[C@H](C)[C@H](NC(=O)c1ncccn1)C(=O)N(C)[C@H](C[C@@H](OC(C)=O)c1nc(C(=O)N[C@@H](CCc2ccccc2)C[C@H](C)C(=O)OC)cs1)C(C)C. The number of hydrogen-bond acceptors (Lipinski definition) is 11. The molecular weight excluding hydrogens is 685 g/mol. The van der Waals surface area contributed by atoms with E-state index >= 15 is 0 Å². The summed E-state index contributed by atoms with van der Waals surface area (Å²) in [5.41, 5.74) is 1.26. The lowest BCUT2D eigenvalue weighted by Crippen LogP contribution is -2.54. The Balaban J connectivity index is 1.81. The second-order valence-corrected chi connectivity index (χ2v) is 14.3. The molecule has 0 aliphatic heterocycles. The molecule has 13 nitrogen and oxygen atoms in total. The third kappa shape index (κ3) is 12.2. The minimum atomic E-state index is -0.855. The van der Waals surface area contributed by atoms with Crippen molar-refractivity contribution >= 4 is 41.0 Å². The van der Waals surface area contributed by atoms with Gasteiger partial charge in [-0.3, -0.25) is 24.0 Å². The predicted molar refractivity (Wildman–Crippen MR) is 197 cm³/mol. The van der Waals surface area contributed by atoms with Crippen molar-refractivity contribution in [1.82, 2.24) is 30.5 Å². The van der Waals surface area contributed by atoms with Crippen LogP contribution in [0.25, 0.3) is 0 Å². The highest BCUT2D eigenvalue weighted by molar-refractivity contribution is 7.09. The third-order valence-corrected chi connectivity index (χ3v) is 10.1. The van der Waals surface area contributed by atoms with Gasteiger partial charge in [0, 0.05) is 50.2 Å². The molecule has 0 bridgehead atoms. The minimum Gasteiger partial charge on any atom is -0.469 e. The van der Waals surface area contributed by atoms with Gasteiger partial charge in [0.2, 0.25) is 11.7 Å². The van der Waals surface area contributed by atoms with Gasteiger partial charge in [0.05, 0.1) is 13.0 Å². The fraction of sp³-hybridized carbons (Fsp3) is 0.526. The van der Waals surface area contributed by atoms with Crippen molar-refractivity contribution in [3.05, 3.63) is 76.3 Å². The Morgan fingerprint density at radius 3 is 2.19 bits per heavy atom. The normalized spacial score (nSPS) is 14.6. The smallest absolute Gasteiger partial charge is 0.308 e. The van der Waals surface area contributed by atoms with Crippen molar-refractivity contribution in [2.24, 2.45) is 17.8 Å². The van der Waals surface area contributed by atoms with Crippen molar-refractivity contribution in [2.45, 2.75) is 97.9 Å². The molecule has 6 atom stereocenters. The summed E-state index contributed by atoms with van der Waals surface area (Å²) in [7, 11) is 3.01. The van der Waals surface area contributed by atoms with Gasteiger partial charge >= 0.3 is 11.9 Å². The van der Waals surface area contributed by atoms with Gasteiger partial charge in [0.15, 0.2) is 6.10 Å². The molecule has 0 saturated heterocycles. The maximum Gasteiger partial charge on any atom is 0.308 e. The first-order valence-corrected chi connectivity index (χ1v) is 18.5. The molecule has 282 valence electrons. The summed E-state index contributed by atoms with van der Waals surface area (Å²) in [6.07, 6.45) is 4.57. The fourth-order valence-electron chi connectivity index (χ4n) is 5.94. The molecule has 0 radical (unpaired) electrons. The number of aromatic nitrogens is 3. The van der Waals surface area contributed by atoms with Crippen LogP contribution in [0.4, 0.5) is 0 Å². The topological polar surface area (TPSA) is 170 Å². The molecule has 2 N–H and O–H groups in total. The lowest BCUT2D eigenvalue weighted by molar-refractivity contribution is -0.149. The molecule has 14 heteroatoms. The van der Waals surface area contributed by atoms with Gasteiger partial charge in [-0.15, -0.1) is 11.3 Å². The van der Waals surface area contributed by atoms with Crippen molar-refractivity contribution < 1.29 is 33.4 Å². The van der Waals surface area contributed by atoms with Crippen LogP contribution in [-0.2, 0) is 30.3 Å². The second-order valence-electron chi connectivity index (χ2n) is 13.4. The van der Waals surface area contributed by atoms with E-state index in [2.05, 4.69) is 25.6 Å². The van der Waals surface area contributed by atoms with Crippen LogP contribution in [0.15, 0.2) is 54.2 Å². The summed E-state index contributed by atoms with van der Waals surface area (Å²) >= 11 is 1.18. The molecule has 2 aromatic heterocycles. The highest BCUT2D eigenvalue weighted by Gasteiger charge is 2.36. The molecule has 3 amide bonds. The number of carbonyl (C=O) groups is 5. The Hall–Kier alpha value is -4.72. The Morgan fingerprint density at radius 2 is 1.60 bits per heavy atom. The number of thiazole rings is 1. The lowest BCUT2D eigenvalue weighted by Gasteiger charge is -2.36. The number of benzene rings is 1. The molecule has 0 saturated carbocycles. The lowest BCUT2D eigenvalue weighted by atomic mass is 9.93. The maximum atomic E-state index is 14.0. The number of rotatable bonds is 19. The monoisotopic (exact) mass is 736 g/mol. The van der Waals surface area contributed by atoms with Crippen LogP contribution in [0.2, 0.25) is 0 Å². The van der Waals surface area contributed by atoms with Crippen LogP contribution < -0.4 is 10.6 Å². The molecule has 0 fully saturated rings. The zero-order valence-corrected chi connectivity index (χ0v) is 32.1. The standard InChI is InChI=1S/C38H52N6O7S/c1-9-24(4)32(43-35(47)33-39-18-13-19-40-33)37(48)44(7)30(23(2)3)21-31(51-26(6)45)36-42-29(22-52-36)34(46)41-28(20-25(5)38(49)50-8)17-16-27-14-11-10-12-15-27/h10-15,18-19,22-25,28,30-32H,9,16-17,20-21H2,1-8H3,(H,41,46)(H,43,47)/t24-,25-,28-,30+,31+,32-/m0/s1. The first-order valence-electron chi connectivity index (χ1n) is 17.6. The number of methoxy groups -OCH3 is 1. The Morgan fingerprint density at radius 1 is 0.923 bits per heavy atom. The third-order valence-electron chi connectivity index (χ3n) is 9.14. The quantitative estimate of drug-likeness (QED) is 0.156. The maximum absolute atomic E-state index is 14.0. The van der Waals surface area contributed by atoms with Crippen molar-refractivity contribution in [3.8, 4) is 0 Å². The summed E-state index contributed by atoms with van der Waals surface area (Å²) in [5.74, 6) is -2.92. The first kappa shape index (κ1) is 41.7. The molecule has 0 aliphatic carbocycles. The van der Waals surface area contributed by atoms with Crippen LogP contribution in [0.3, 0.4) is 0 Å².